The lowest BCUT2D eigenvalue weighted by Gasteiger charge is -2.27. The summed E-state index contributed by atoms with van der Waals surface area (Å²) in [6, 6.07) is 4.73. The Morgan fingerprint density at radius 3 is 2.74 bits per heavy atom. The molecule has 1 aromatic rings. The summed E-state index contributed by atoms with van der Waals surface area (Å²) >= 11 is 0. The molecule has 5 heteroatoms. The zero-order valence-corrected chi connectivity index (χ0v) is 10.8. The second-order valence-electron chi connectivity index (χ2n) is 5.06. The van der Waals surface area contributed by atoms with Crippen LogP contribution in [0.15, 0.2) is 18.2 Å². The van der Waals surface area contributed by atoms with Crippen molar-refractivity contribution in [1.82, 2.24) is 4.90 Å². The van der Waals surface area contributed by atoms with Crippen LogP contribution in [0, 0.1) is 5.82 Å². The van der Waals surface area contributed by atoms with Crippen LogP contribution >= 0.6 is 0 Å². The molecule has 1 aliphatic rings. The summed E-state index contributed by atoms with van der Waals surface area (Å²) in [4.78, 5) is 13.1. The van der Waals surface area contributed by atoms with E-state index in [0.717, 1.165) is 25.7 Å². The van der Waals surface area contributed by atoms with Gasteiger partial charge in [-0.3, -0.25) is 9.69 Å². The average Bonchev–Trinajstić information content (AvgIpc) is 2.87. The van der Waals surface area contributed by atoms with Gasteiger partial charge < -0.3 is 10.8 Å². The molecule has 4 nitrogen and oxygen atoms in total. The topological polar surface area (TPSA) is 66.6 Å². The molecule has 19 heavy (non-hydrogen) atoms. The number of rotatable bonds is 5. The molecule has 1 aromatic carbocycles. The lowest BCUT2D eigenvalue weighted by molar-refractivity contribution is -0.119. The fourth-order valence-corrected chi connectivity index (χ4v) is 2.69. The van der Waals surface area contributed by atoms with Gasteiger partial charge in [-0.2, -0.15) is 0 Å². The van der Waals surface area contributed by atoms with Gasteiger partial charge in [-0.25, -0.2) is 4.39 Å². The summed E-state index contributed by atoms with van der Waals surface area (Å²) in [7, 11) is 0. The first-order valence-electron chi connectivity index (χ1n) is 6.56. The van der Waals surface area contributed by atoms with E-state index in [4.69, 9.17) is 5.73 Å². The summed E-state index contributed by atoms with van der Waals surface area (Å²) < 4.78 is 13.3. The lowest BCUT2D eigenvalue weighted by atomic mass is 10.1. The largest absolute Gasteiger partial charge is 0.505 e. The Labute approximate surface area is 112 Å². The second-order valence-corrected chi connectivity index (χ2v) is 5.06. The van der Waals surface area contributed by atoms with E-state index in [-0.39, 0.29) is 18.3 Å². The van der Waals surface area contributed by atoms with E-state index in [0.29, 0.717) is 12.1 Å². The SMILES string of the molecule is NC(=O)CN(Cc1cccc(F)c1O)C1CCCC1. The van der Waals surface area contributed by atoms with Crippen molar-refractivity contribution in [2.45, 2.75) is 38.3 Å². The van der Waals surface area contributed by atoms with Gasteiger partial charge in [0.1, 0.15) is 0 Å². The number of carbonyl (C=O) groups excluding carboxylic acids is 1. The van der Waals surface area contributed by atoms with Crippen molar-refractivity contribution in [3.8, 4) is 5.75 Å². The van der Waals surface area contributed by atoms with Crippen LogP contribution in [-0.2, 0) is 11.3 Å². The number of phenolic OH excluding ortho intramolecular Hbond substituents is 1. The van der Waals surface area contributed by atoms with Gasteiger partial charge in [-0.1, -0.05) is 25.0 Å². The van der Waals surface area contributed by atoms with E-state index in [9.17, 15) is 14.3 Å². The average molecular weight is 266 g/mol. The van der Waals surface area contributed by atoms with Gasteiger partial charge in [-0.15, -0.1) is 0 Å². The van der Waals surface area contributed by atoms with Gasteiger partial charge in [0, 0.05) is 18.2 Å². The van der Waals surface area contributed by atoms with Crippen LogP contribution < -0.4 is 5.73 Å². The molecule has 0 aliphatic heterocycles. The summed E-state index contributed by atoms with van der Waals surface area (Å²) in [5, 5.41) is 9.71. The molecule has 0 saturated heterocycles. The molecule has 3 N–H and O–H groups in total. The van der Waals surface area contributed by atoms with Gasteiger partial charge in [0.2, 0.25) is 5.91 Å². The molecule has 1 saturated carbocycles. The van der Waals surface area contributed by atoms with E-state index < -0.39 is 11.7 Å². The maximum atomic E-state index is 13.3. The number of nitrogens with two attached hydrogens (primary N) is 1. The quantitative estimate of drug-likeness (QED) is 0.853. The van der Waals surface area contributed by atoms with E-state index in [1.54, 1.807) is 12.1 Å². The fourth-order valence-electron chi connectivity index (χ4n) is 2.69. The minimum absolute atomic E-state index is 0.140. The van der Waals surface area contributed by atoms with Crippen LogP contribution in [0.4, 0.5) is 4.39 Å². The minimum Gasteiger partial charge on any atom is -0.505 e. The zero-order chi connectivity index (χ0) is 13.8. The summed E-state index contributed by atoms with van der Waals surface area (Å²) in [6.07, 6.45) is 4.30. The number of aromatic hydroxyl groups is 1. The minimum atomic E-state index is -0.636. The van der Waals surface area contributed by atoms with Crippen LogP contribution in [0.25, 0.3) is 0 Å². The molecule has 0 heterocycles. The Morgan fingerprint density at radius 2 is 2.11 bits per heavy atom. The predicted molar refractivity (Wildman–Crippen MR) is 69.9 cm³/mol. The highest BCUT2D eigenvalue weighted by Gasteiger charge is 2.24. The van der Waals surface area contributed by atoms with Crippen molar-refractivity contribution in [2.24, 2.45) is 5.73 Å². The third-order valence-corrected chi connectivity index (χ3v) is 3.64. The molecule has 0 unspecified atom stereocenters. The maximum Gasteiger partial charge on any atom is 0.231 e. The number of para-hydroxylation sites is 1. The molecular formula is C14H19FN2O2. The molecule has 0 spiro atoms. The van der Waals surface area contributed by atoms with Crippen LogP contribution in [0.2, 0.25) is 0 Å². The van der Waals surface area contributed by atoms with Crippen molar-refractivity contribution in [3.63, 3.8) is 0 Å². The number of hydrogen-bond acceptors (Lipinski definition) is 3. The van der Waals surface area contributed by atoms with Gasteiger partial charge >= 0.3 is 0 Å². The van der Waals surface area contributed by atoms with E-state index in [1.165, 1.54) is 6.07 Å². The van der Waals surface area contributed by atoms with Crippen LogP contribution in [-0.4, -0.2) is 28.5 Å². The summed E-state index contributed by atoms with van der Waals surface area (Å²) in [5.41, 5.74) is 5.76. The Balaban J connectivity index is 2.14. The van der Waals surface area contributed by atoms with Gasteiger partial charge in [0.15, 0.2) is 11.6 Å². The number of nitrogens with zero attached hydrogens (tertiary/aromatic N) is 1. The van der Waals surface area contributed by atoms with Gasteiger partial charge in [0.05, 0.1) is 6.54 Å². The highest BCUT2D eigenvalue weighted by molar-refractivity contribution is 5.76. The molecule has 0 bridgehead atoms. The molecule has 1 aliphatic carbocycles. The first-order valence-corrected chi connectivity index (χ1v) is 6.56. The fraction of sp³-hybridized carbons (Fsp3) is 0.500. The third-order valence-electron chi connectivity index (χ3n) is 3.64. The number of amides is 1. The Hall–Kier alpha value is -1.62. The van der Waals surface area contributed by atoms with Gasteiger partial charge in [-0.05, 0) is 18.9 Å². The van der Waals surface area contributed by atoms with Crippen molar-refractivity contribution in [2.75, 3.05) is 6.54 Å². The van der Waals surface area contributed by atoms with Crippen LogP contribution in [0.1, 0.15) is 31.2 Å². The highest BCUT2D eigenvalue weighted by Crippen LogP contribution is 2.27. The maximum absolute atomic E-state index is 13.3. The number of primary amides is 1. The van der Waals surface area contributed by atoms with E-state index >= 15 is 0 Å². The molecule has 1 amide bonds. The number of hydrogen-bond donors (Lipinski definition) is 2. The molecule has 0 aromatic heterocycles. The molecule has 1 fully saturated rings. The first-order chi connectivity index (χ1) is 9.08. The lowest BCUT2D eigenvalue weighted by Crippen LogP contribution is -2.39. The molecule has 0 atom stereocenters. The highest BCUT2D eigenvalue weighted by atomic mass is 19.1. The van der Waals surface area contributed by atoms with Gasteiger partial charge in [0.25, 0.3) is 0 Å². The monoisotopic (exact) mass is 266 g/mol. The van der Waals surface area contributed by atoms with Crippen molar-refractivity contribution >= 4 is 5.91 Å². The Kier molecular flexibility index (Phi) is 4.37. The van der Waals surface area contributed by atoms with Crippen LogP contribution in [0.5, 0.6) is 5.75 Å². The second kappa shape index (κ2) is 6.02. The number of phenols is 1. The molecule has 2 rings (SSSR count). The predicted octanol–water partition coefficient (Wildman–Crippen LogP) is 1.76. The Morgan fingerprint density at radius 1 is 1.42 bits per heavy atom. The molecular weight excluding hydrogens is 247 g/mol. The standard InChI is InChI=1S/C14H19FN2O2/c15-12-7-3-4-10(14(12)19)8-17(9-13(16)18)11-5-1-2-6-11/h3-4,7,11,19H,1-2,5-6,8-9H2,(H2,16,18). The Bertz CT molecular complexity index is 459. The number of benzene rings is 1. The van der Waals surface area contributed by atoms with Crippen LogP contribution in [0.3, 0.4) is 0 Å². The van der Waals surface area contributed by atoms with Crippen molar-refractivity contribution in [1.29, 1.82) is 0 Å². The zero-order valence-electron chi connectivity index (χ0n) is 10.8. The molecule has 104 valence electrons. The summed E-state index contributed by atoms with van der Waals surface area (Å²) in [6.45, 7) is 0.484. The number of carbonyl (C=O) groups is 1. The first kappa shape index (κ1) is 13.8. The van der Waals surface area contributed by atoms with E-state index in [2.05, 4.69) is 0 Å². The smallest absolute Gasteiger partial charge is 0.231 e. The number of halogens is 1. The van der Waals surface area contributed by atoms with Crippen molar-refractivity contribution < 1.29 is 14.3 Å². The summed E-state index contributed by atoms with van der Waals surface area (Å²) in [5.74, 6) is -1.37. The third kappa shape index (κ3) is 3.44. The van der Waals surface area contributed by atoms with Crippen molar-refractivity contribution in [3.05, 3.63) is 29.6 Å². The van der Waals surface area contributed by atoms with E-state index in [1.807, 2.05) is 4.90 Å². The normalized spacial score (nSPS) is 16.1. The molecule has 0 radical (unpaired) electrons.